The number of fused-ring (bicyclic) bond motifs is 1. The van der Waals surface area contributed by atoms with E-state index in [1.54, 1.807) is 18.2 Å². The van der Waals surface area contributed by atoms with Crippen LogP contribution in [0.15, 0.2) is 23.1 Å². The minimum atomic E-state index is -3.25. The third-order valence-corrected chi connectivity index (χ3v) is 5.05. The van der Waals surface area contributed by atoms with Crippen LogP contribution in [0.5, 0.6) is 5.75 Å². The van der Waals surface area contributed by atoms with Crippen LogP contribution < -0.4 is 15.4 Å². The van der Waals surface area contributed by atoms with Gasteiger partial charge in [0.1, 0.15) is 12.4 Å². The molecule has 1 heterocycles. The molecule has 2 N–H and O–H groups in total. The fourth-order valence-corrected chi connectivity index (χ4v) is 3.51. The van der Waals surface area contributed by atoms with Gasteiger partial charge in [-0.15, -0.1) is 0 Å². The van der Waals surface area contributed by atoms with E-state index in [0.717, 1.165) is 24.5 Å². The van der Waals surface area contributed by atoms with Crippen molar-refractivity contribution in [1.82, 2.24) is 0 Å². The van der Waals surface area contributed by atoms with Crippen molar-refractivity contribution in [3.05, 3.63) is 18.2 Å². The van der Waals surface area contributed by atoms with Crippen molar-refractivity contribution in [2.24, 2.45) is 5.73 Å². The van der Waals surface area contributed by atoms with Crippen molar-refractivity contribution in [2.75, 3.05) is 36.9 Å². The first kappa shape index (κ1) is 14.1. The van der Waals surface area contributed by atoms with E-state index in [1.807, 2.05) is 6.92 Å². The molecule has 0 bridgehead atoms. The van der Waals surface area contributed by atoms with E-state index >= 15 is 0 Å². The minimum Gasteiger partial charge on any atom is -0.490 e. The number of anilines is 1. The van der Waals surface area contributed by atoms with Crippen molar-refractivity contribution >= 4 is 15.5 Å². The maximum atomic E-state index is 12.2. The second-order valence-electron chi connectivity index (χ2n) is 4.52. The Morgan fingerprint density at radius 3 is 2.89 bits per heavy atom. The Kier molecular flexibility index (Phi) is 4.31. The number of rotatable bonds is 5. The van der Waals surface area contributed by atoms with Gasteiger partial charge in [-0.05, 0) is 38.1 Å². The molecule has 0 aliphatic carbocycles. The summed E-state index contributed by atoms with van der Waals surface area (Å²) in [4.78, 5) is 2.48. The molecule has 19 heavy (non-hydrogen) atoms. The highest BCUT2D eigenvalue weighted by Gasteiger charge is 2.21. The summed E-state index contributed by atoms with van der Waals surface area (Å²) in [7, 11) is -3.25. The highest BCUT2D eigenvalue weighted by Crippen LogP contribution is 2.33. The first-order valence-corrected chi connectivity index (χ1v) is 8.18. The maximum absolute atomic E-state index is 12.2. The number of hydrogen-bond acceptors (Lipinski definition) is 5. The number of likely N-dealkylation sites (N-methyl/N-ethyl adjacent to an activating group) is 1. The lowest BCUT2D eigenvalue weighted by molar-refractivity contribution is 0.308. The van der Waals surface area contributed by atoms with Crippen LogP contribution in [0.1, 0.15) is 13.3 Å². The van der Waals surface area contributed by atoms with E-state index in [9.17, 15) is 8.42 Å². The van der Waals surface area contributed by atoms with Crippen LogP contribution >= 0.6 is 0 Å². The van der Waals surface area contributed by atoms with Crippen molar-refractivity contribution in [2.45, 2.75) is 18.2 Å². The third kappa shape index (κ3) is 3.01. The molecular formula is C13H20N2O3S. The lowest BCUT2D eigenvalue weighted by Gasteiger charge is -2.30. The largest absolute Gasteiger partial charge is 0.490 e. The van der Waals surface area contributed by atoms with Crippen molar-refractivity contribution in [1.29, 1.82) is 0 Å². The zero-order chi connectivity index (χ0) is 13.9. The number of nitrogens with two attached hydrogens (primary N) is 1. The summed E-state index contributed by atoms with van der Waals surface area (Å²) in [6, 6.07) is 5.07. The van der Waals surface area contributed by atoms with Crippen LogP contribution in [0.3, 0.4) is 0 Å². The average molecular weight is 284 g/mol. The Morgan fingerprint density at radius 2 is 2.21 bits per heavy atom. The molecule has 0 amide bonds. The smallest absolute Gasteiger partial charge is 0.178 e. The predicted molar refractivity (Wildman–Crippen MR) is 75.5 cm³/mol. The minimum absolute atomic E-state index is 0.0925. The standard InChI is InChI=1S/C13H20N2O3S/c1-2-15-7-8-18-13-5-4-11(10-12(13)15)19(16,17)9-3-6-14/h4-5,10H,2-3,6-9,14H2,1H3. The summed E-state index contributed by atoms with van der Waals surface area (Å²) in [5.74, 6) is 0.848. The second kappa shape index (κ2) is 5.79. The molecule has 1 aromatic rings. The zero-order valence-electron chi connectivity index (χ0n) is 11.1. The summed E-state index contributed by atoms with van der Waals surface area (Å²) in [5.41, 5.74) is 6.24. The fourth-order valence-electron chi connectivity index (χ4n) is 2.17. The van der Waals surface area contributed by atoms with E-state index in [2.05, 4.69) is 4.90 Å². The number of hydrogen-bond donors (Lipinski definition) is 1. The molecule has 1 aliphatic rings. The third-order valence-electron chi connectivity index (χ3n) is 3.25. The maximum Gasteiger partial charge on any atom is 0.178 e. The summed E-state index contributed by atoms with van der Waals surface area (Å²) < 4.78 is 29.9. The highest BCUT2D eigenvalue weighted by atomic mass is 32.2. The van der Waals surface area contributed by atoms with Crippen LogP contribution in [0, 0.1) is 0 Å². The molecular weight excluding hydrogens is 264 g/mol. The molecule has 6 heteroatoms. The molecule has 0 aromatic heterocycles. The molecule has 0 fully saturated rings. The van der Waals surface area contributed by atoms with Gasteiger partial charge in [-0.25, -0.2) is 8.42 Å². The summed E-state index contributed by atoms with van der Waals surface area (Å²) in [6.07, 6.45) is 0.480. The van der Waals surface area contributed by atoms with Crippen LogP contribution in [0.25, 0.3) is 0 Å². The monoisotopic (exact) mass is 284 g/mol. The molecule has 0 spiro atoms. The molecule has 106 valence electrons. The normalized spacial score (nSPS) is 14.9. The second-order valence-corrected chi connectivity index (χ2v) is 6.63. The van der Waals surface area contributed by atoms with Crippen LogP contribution in [0.4, 0.5) is 5.69 Å². The van der Waals surface area contributed by atoms with Crippen molar-refractivity contribution < 1.29 is 13.2 Å². The van der Waals surface area contributed by atoms with Gasteiger partial charge in [0, 0.05) is 6.54 Å². The van der Waals surface area contributed by atoms with Crippen LogP contribution in [0.2, 0.25) is 0 Å². The van der Waals surface area contributed by atoms with E-state index in [1.165, 1.54) is 0 Å². The van der Waals surface area contributed by atoms with E-state index in [-0.39, 0.29) is 5.75 Å². The van der Waals surface area contributed by atoms with Gasteiger partial charge in [-0.3, -0.25) is 0 Å². The molecule has 2 rings (SSSR count). The van der Waals surface area contributed by atoms with Gasteiger partial charge >= 0.3 is 0 Å². The van der Waals surface area contributed by atoms with Crippen molar-refractivity contribution in [3.63, 3.8) is 0 Å². The highest BCUT2D eigenvalue weighted by molar-refractivity contribution is 7.91. The van der Waals surface area contributed by atoms with Gasteiger partial charge in [-0.1, -0.05) is 0 Å². The molecule has 1 aliphatic heterocycles. The summed E-state index contributed by atoms with van der Waals surface area (Å²) in [6.45, 7) is 4.69. The Hall–Kier alpha value is -1.27. The molecule has 0 unspecified atom stereocenters. The zero-order valence-corrected chi connectivity index (χ0v) is 11.9. The topological polar surface area (TPSA) is 72.6 Å². The molecule has 0 atom stereocenters. The molecule has 0 saturated heterocycles. The number of benzene rings is 1. The predicted octanol–water partition coefficient (Wildman–Crippen LogP) is 1.03. The van der Waals surface area contributed by atoms with Gasteiger partial charge < -0.3 is 15.4 Å². The first-order valence-electron chi connectivity index (χ1n) is 6.53. The lowest BCUT2D eigenvalue weighted by Crippen LogP contribution is -2.32. The Labute approximate surface area is 114 Å². The molecule has 0 radical (unpaired) electrons. The van der Waals surface area contributed by atoms with Gasteiger partial charge in [-0.2, -0.15) is 0 Å². The van der Waals surface area contributed by atoms with Crippen LogP contribution in [-0.4, -0.2) is 40.4 Å². The van der Waals surface area contributed by atoms with E-state index < -0.39 is 9.84 Å². The van der Waals surface area contributed by atoms with Gasteiger partial charge in [0.05, 0.1) is 22.9 Å². The van der Waals surface area contributed by atoms with Crippen LogP contribution in [-0.2, 0) is 9.84 Å². The van der Waals surface area contributed by atoms with Gasteiger partial charge in [0.15, 0.2) is 9.84 Å². The SMILES string of the molecule is CCN1CCOc2ccc(S(=O)(=O)CCCN)cc21. The molecule has 5 nitrogen and oxygen atoms in total. The van der Waals surface area contributed by atoms with Gasteiger partial charge in [0.25, 0.3) is 0 Å². The molecule has 0 saturated carbocycles. The Morgan fingerprint density at radius 1 is 1.42 bits per heavy atom. The number of sulfone groups is 1. The lowest BCUT2D eigenvalue weighted by atomic mass is 10.2. The summed E-state index contributed by atoms with van der Waals surface area (Å²) >= 11 is 0. The molecule has 1 aromatic carbocycles. The quantitative estimate of drug-likeness (QED) is 0.874. The van der Waals surface area contributed by atoms with E-state index in [0.29, 0.717) is 24.5 Å². The first-order chi connectivity index (χ1) is 9.08. The number of ether oxygens (including phenoxy) is 1. The van der Waals surface area contributed by atoms with Crippen molar-refractivity contribution in [3.8, 4) is 5.75 Å². The van der Waals surface area contributed by atoms with Gasteiger partial charge in [0.2, 0.25) is 0 Å². The summed E-state index contributed by atoms with van der Waals surface area (Å²) in [5, 5.41) is 0. The van der Waals surface area contributed by atoms with E-state index in [4.69, 9.17) is 10.5 Å². The average Bonchev–Trinajstić information content (AvgIpc) is 2.43. The fraction of sp³-hybridized carbons (Fsp3) is 0.538. The number of nitrogens with zero attached hydrogens (tertiary/aromatic N) is 1. The Bertz CT molecular complexity index is 543. The Balaban J connectivity index is 2.34.